The number of aromatic nitrogens is 1. The zero-order valence-corrected chi connectivity index (χ0v) is 20.7. The molecule has 180 valence electrons. The molecule has 34 heavy (non-hydrogen) atoms. The van der Waals surface area contributed by atoms with Gasteiger partial charge in [0.15, 0.2) is 0 Å². The molecule has 0 saturated carbocycles. The number of carbonyl (C=O) groups is 1. The molecule has 2 aromatic carbocycles. The predicted molar refractivity (Wildman–Crippen MR) is 135 cm³/mol. The van der Waals surface area contributed by atoms with E-state index in [4.69, 9.17) is 4.74 Å². The lowest BCUT2D eigenvalue weighted by atomic mass is 10.0. The van der Waals surface area contributed by atoms with Crippen LogP contribution in [-0.2, 0) is 0 Å². The summed E-state index contributed by atoms with van der Waals surface area (Å²) in [4.78, 5) is 22.0. The highest BCUT2D eigenvalue weighted by atomic mass is 19.1. The van der Waals surface area contributed by atoms with Gasteiger partial charge in [0.25, 0.3) is 5.91 Å². The van der Waals surface area contributed by atoms with Crippen molar-refractivity contribution in [1.82, 2.24) is 14.8 Å². The Kier molecular flexibility index (Phi) is 8.77. The Bertz CT molecular complexity index is 1080. The third kappa shape index (κ3) is 6.87. The lowest BCUT2D eigenvalue weighted by Gasteiger charge is -2.29. The molecule has 1 unspecified atom stereocenters. The molecule has 0 bridgehead atoms. The van der Waals surface area contributed by atoms with E-state index in [1.165, 1.54) is 12.1 Å². The summed E-state index contributed by atoms with van der Waals surface area (Å²) in [5.41, 5.74) is 3.07. The molecule has 1 heterocycles. The van der Waals surface area contributed by atoms with Crippen LogP contribution in [0, 0.1) is 12.7 Å². The average molecular weight is 464 g/mol. The van der Waals surface area contributed by atoms with E-state index >= 15 is 0 Å². The van der Waals surface area contributed by atoms with Crippen LogP contribution in [0.5, 0.6) is 11.5 Å². The van der Waals surface area contributed by atoms with E-state index in [0.29, 0.717) is 17.1 Å². The number of hydrogen-bond acceptors (Lipinski definition) is 4. The van der Waals surface area contributed by atoms with Gasteiger partial charge in [0.2, 0.25) is 0 Å². The van der Waals surface area contributed by atoms with Gasteiger partial charge in [-0.25, -0.2) is 4.39 Å². The van der Waals surface area contributed by atoms with E-state index in [1.54, 1.807) is 12.1 Å². The van der Waals surface area contributed by atoms with Gasteiger partial charge in [-0.3, -0.25) is 9.78 Å². The van der Waals surface area contributed by atoms with E-state index in [1.807, 2.05) is 55.3 Å². The topological polar surface area (TPSA) is 45.7 Å². The third-order valence-electron chi connectivity index (χ3n) is 5.80. The number of aryl methyl sites for hydroxylation is 1. The Hall–Kier alpha value is -3.25. The summed E-state index contributed by atoms with van der Waals surface area (Å²) in [5, 5.41) is 0. The van der Waals surface area contributed by atoms with Crippen molar-refractivity contribution in [3.05, 3.63) is 77.7 Å². The van der Waals surface area contributed by atoms with Crippen LogP contribution in [-0.4, -0.2) is 54.4 Å². The maximum Gasteiger partial charge on any atom is 0.253 e. The first-order valence-corrected chi connectivity index (χ1v) is 11.7. The van der Waals surface area contributed by atoms with E-state index in [9.17, 15) is 9.18 Å². The molecule has 0 aliphatic carbocycles. The molecule has 0 saturated heterocycles. The van der Waals surface area contributed by atoms with Crippen LogP contribution in [0.25, 0.3) is 11.3 Å². The molecule has 0 fully saturated rings. The average Bonchev–Trinajstić information content (AvgIpc) is 2.82. The van der Waals surface area contributed by atoms with Gasteiger partial charge in [-0.2, -0.15) is 0 Å². The third-order valence-corrected chi connectivity index (χ3v) is 5.80. The van der Waals surface area contributed by atoms with Crippen molar-refractivity contribution in [2.24, 2.45) is 0 Å². The van der Waals surface area contributed by atoms with Crippen LogP contribution in [0.2, 0.25) is 0 Å². The highest BCUT2D eigenvalue weighted by Gasteiger charge is 2.21. The molecule has 1 aromatic heterocycles. The first kappa shape index (κ1) is 25.4. The van der Waals surface area contributed by atoms with Crippen molar-refractivity contribution in [3.8, 4) is 22.8 Å². The molecular weight excluding hydrogens is 429 g/mol. The predicted octanol–water partition coefficient (Wildman–Crippen LogP) is 6.18. The molecule has 6 heteroatoms. The Morgan fingerprint density at radius 2 is 1.59 bits per heavy atom. The van der Waals surface area contributed by atoms with Crippen LogP contribution >= 0.6 is 0 Å². The smallest absolute Gasteiger partial charge is 0.253 e. The molecule has 5 nitrogen and oxygen atoms in total. The lowest BCUT2D eigenvalue weighted by Crippen LogP contribution is -2.39. The van der Waals surface area contributed by atoms with E-state index in [-0.39, 0.29) is 17.8 Å². The van der Waals surface area contributed by atoms with Gasteiger partial charge in [0.1, 0.15) is 17.3 Å². The van der Waals surface area contributed by atoms with Crippen LogP contribution in [0.15, 0.2) is 60.7 Å². The molecule has 0 aliphatic rings. The quantitative estimate of drug-likeness (QED) is 0.360. The highest BCUT2D eigenvalue weighted by Crippen LogP contribution is 2.26. The van der Waals surface area contributed by atoms with Crippen LogP contribution in [0.3, 0.4) is 0 Å². The molecule has 0 aliphatic heterocycles. The monoisotopic (exact) mass is 463 g/mol. The Balaban J connectivity index is 1.78. The van der Waals surface area contributed by atoms with Crippen molar-refractivity contribution >= 4 is 5.91 Å². The molecule has 1 amide bonds. The van der Waals surface area contributed by atoms with Crippen molar-refractivity contribution in [3.63, 3.8) is 0 Å². The Morgan fingerprint density at radius 1 is 0.971 bits per heavy atom. The summed E-state index contributed by atoms with van der Waals surface area (Å²) in [5.74, 6) is 0.917. The Labute approximate surface area is 202 Å². The number of carbonyl (C=O) groups excluding carboxylic acids is 1. The molecule has 3 aromatic rings. The standard InChI is InChI=1S/C28H34FN3O2/c1-6-7-24(16-17-31(3)4)32(5)28(33)22-18-20(2)30-27(19-22)21-8-12-25(13-9-21)34-26-14-10-23(29)11-15-26/h8-15,18-19,24H,6-7,16-17H2,1-5H3. The number of ether oxygens (including phenoxy) is 1. The fraction of sp³-hybridized carbons (Fsp3) is 0.357. The minimum Gasteiger partial charge on any atom is -0.457 e. The zero-order valence-electron chi connectivity index (χ0n) is 20.7. The highest BCUT2D eigenvalue weighted by molar-refractivity contribution is 5.95. The fourth-order valence-corrected chi connectivity index (χ4v) is 3.91. The maximum atomic E-state index is 13.4. The second kappa shape index (κ2) is 11.7. The molecule has 0 spiro atoms. The largest absolute Gasteiger partial charge is 0.457 e. The molecule has 0 N–H and O–H groups in total. The second-order valence-electron chi connectivity index (χ2n) is 8.91. The van der Waals surface area contributed by atoms with Crippen LogP contribution in [0.4, 0.5) is 4.39 Å². The minimum atomic E-state index is -0.303. The number of halogens is 1. The van der Waals surface area contributed by atoms with E-state index in [0.717, 1.165) is 42.8 Å². The number of hydrogen-bond donors (Lipinski definition) is 0. The SMILES string of the molecule is CCCC(CCN(C)C)N(C)C(=O)c1cc(C)nc(-c2ccc(Oc3ccc(F)cc3)cc2)c1. The number of amides is 1. The van der Waals surface area contributed by atoms with Crippen molar-refractivity contribution < 1.29 is 13.9 Å². The molecule has 1 atom stereocenters. The van der Waals surface area contributed by atoms with Crippen molar-refractivity contribution in [1.29, 1.82) is 0 Å². The van der Waals surface area contributed by atoms with Crippen LogP contribution in [0.1, 0.15) is 42.2 Å². The van der Waals surface area contributed by atoms with E-state index in [2.05, 4.69) is 30.9 Å². The number of rotatable bonds is 10. The summed E-state index contributed by atoms with van der Waals surface area (Å²) in [6, 6.07) is 17.3. The number of nitrogens with zero attached hydrogens (tertiary/aromatic N) is 3. The van der Waals surface area contributed by atoms with Gasteiger partial charge in [-0.05, 0) is 101 Å². The summed E-state index contributed by atoms with van der Waals surface area (Å²) in [6.07, 6.45) is 2.95. The first-order chi connectivity index (χ1) is 16.3. The van der Waals surface area contributed by atoms with Gasteiger partial charge >= 0.3 is 0 Å². The Morgan fingerprint density at radius 3 is 2.18 bits per heavy atom. The van der Waals surface area contributed by atoms with Gasteiger partial charge < -0.3 is 14.5 Å². The summed E-state index contributed by atoms with van der Waals surface area (Å²) in [6.45, 7) is 5.00. The van der Waals surface area contributed by atoms with Gasteiger partial charge in [0, 0.05) is 29.9 Å². The summed E-state index contributed by atoms with van der Waals surface area (Å²) in [7, 11) is 6.01. The fourth-order valence-electron chi connectivity index (χ4n) is 3.91. The molecular formula is C28H34FN3O2. The van der Waals surface area contributed by atoms with Gasteiger partial charge in [0.05, 0.1) is 5.69 Å². The number of benzene rings is 2. The first-order valence-electron chi connectivity index (χ1n) is 11.7. The lowest BCUT2D eigenvalue weighted by molar-refractivity contribution is 0.0708. The number of pyridine rings is 1. The van der Waals surface area contributed by atoms with Crippen molar-refractivity contribution in [2.75, 3.05) is 27.7 Å². The maximum absolute atomic E-state index is 13.4. The minimum absolute atomic E-state index is 0.0141. The summed E-state index contributed by atoms with van der Waals surface area (Å²) >= 11 is 0. The zero-order chi connectivity index (χ0) is 24.7. The van der Waals surface area contributed by atoms with Gasteiger partial charge in [-0.15, -0.1) is 0 Å². The van der Waals surface area contributed by atoms with Crippen molar-refractivity contribution in [2.45, 2.75) is 39.2 Å². The summed E-state index contributed by atoms with van der Waals surface area (Å²) < 4.78 is 18.9. The van der Waals surface area contributed by atoms with E-state index < -0.39 is 0 Å². The normalized spacial score (nSPS) is 12.0. The van der Waals surface area contributed by atoms with Gasteiger partial charge in [-0.1, -0.05) is 13.3 Å². The molecule has 0 radical (unpaired) electrons. The second-order valence-corrected chi connectivity index (χ2v) is 8.91. The molecule has 3 rings (SSSR count). The van der Waals surface area contributed by atoms with Crippen LogP contribution < -0.4 is 4.74 Å².